The molecule has 122 valence electrons. The summed E-state index contributed by atoms with van der Waals surface area (Å²) < 4.78 is 25.2. The van der Waals surface area contributed by atoms with Crippen molar-refractivity contribution in [3.8, 4) is 0 Å². The van der Waals surface area contributed by atoms with E-state index in [-0.39, 0.29) is 5.75 Å². The fourth-order valence-electron chi connectivity index (χ4n) is 2.27. The van der Waals surface area contributed by atoms with Crippen molar-refractivity contribution in [3.05, 3.63) is 64.1 Å². The van der Waals surface area contributed by atoms with Crippen LogP contribution in [0, 0.1) is 0 Å². The van der Waals surface area contributed by atoms with Crippen molar-refractivity contribution in [2.75, 3.05) is 11.1 Å². The average molecular weight is 396 g/mol. The molecule has 0 atom stereocenters. The molecule has 0 spiro atoms. The van der Waals surface area contributed by atoms with E-state index >= 15 is 0 Å². The summed E-state index contributed by atoms with van der Waals surface area (Å²) in [5, 5.41) is 2.69. The quantitative estimate of drug-likeness (QED) is 0.812. The first-order valence-electron chi connectivity index (χ1n) is 7.22. The molecule has 0 radical (unpaired) electrons. The molecule has 2 aromatic carbocycles. The average Bonchev–Trinajstić information content (AvgIpc) is 2.46. The molecule has 0 aliphatic rings. The fraction of sp³-hybridized carbons (Fsp3) is 0.235. The van der Waals surface area contributed by atoms with Crippen molar-refractivity contribution in [2.24, 2.45) is 0 Å². The van der Waals surface area contributed by atoms with E-state index in [0.717, 1.165) is 16.5 Å². The smallest absolute Gasteiger partial charge is 0.239 e. The maximum atomic E-state index is 12.2. The van der Waals surface area contributed by atoms with Crippen LogP contribution in [0.3, 0.4) is 0 Å². The Morgan fingerprint density at radius 3 is 2.57 bits per heavy atom. The summed E-state index contributed by atoms with van der Waals surface area (Å²) in [6.07, 6.45) is 0.765. The summed E-state index contributed by atoms with van der Waals surface area (Å²) >= 11 is 3.31. The van der Waals surface area contributed by atoms with Gasteiger partial charge in [0.25, 0.3) is 0 Å². The lowest BCUT2D eigenvalue weighted by Crippen LogP contribution is -2.24. The molecule has 6 heteroatoms. The fourth-order valence-corrected chi connectivity index (χ4v) is 3.98. The van der Waals surface area contributed by atoms with Gasteiger partial charge >= 0.3 is 0 Å². The summed E-state index contributed by atoms with van der Waals surface area (Å²) in [6.45, 7) is 1.98. The van der Waals surface area contributed by atoms with Crippen LogP contribution in [0.5, 0.6) is 0 Å². The van der Waals surface area contributed by atoms with Crippen LogP contribution in [-0.4, -0.2) is 20.1 Å². The first-order valence-corrected chi connectivity index (χ1v) is 9.83. The van der Waals surface area contributed by atoms with Gasteiger partial charge in [0.1, 0.15) is 5.75 Å². The molecule has 0 saturated carbocycles. The van der Waals surface area contributed by atoms with E-state index < -0.39 is 21.5 Å². The number of aryl methyl sites for hydroxylation is 1. The van der Waals surface area contributed by atoms with Gasteiger partial charge in [0.05, 0.1) is 5.75 Å². The van der Waals surface area contributed by atoms with E-state index in [2.05, 4.69) is 21.2 Å². The number of rotatable bonds is 6. The van der Waals surface area contributed by atoms with Crippen molar-refractivity contribution in [2.45, 2.75) is 19.1 Å². The second-order valence-corrected chi connectivity index (χ2v) is 8.20. The summed E-state index contributed by atoms with van der Waals surface area (Å²) in [7, 11) is -3.52. The minimum Gasteiger partial charge on any atom is -0.325 e. The SMILES string of the molecule is CCc1ccccc1NC(=O)CS(=O)(=O)Cc1cccc(Br)c1. The van der Waals surface area contributed by atoms with E-state index in [1.165, 1.54) is 0 Å². The van der Waals surface area contributed by atoms with Crippen LogP contribution in [-0.2, 0) is 26.8 Å². The molecule has 2 rings (SSSR count). The highest BCUT2D eigenvalue weighted by Gasteiger charge is 2.18. The number of carbonyl (C=O) groups excluding carboxylic acids is 1. The van der Waals surface area contributed by atoms with E-state index in [0.29, 0.717) is 11.3 Å². The molecule has 0 aliphatic carbocycles. The van der Waals surface area contributed by atoms with Gasteiger partial charge in [-0.25, -0.2) is 8.42 Å². The number of halogens is 1. The summed E-state index contributed by atoms with van der Waals surface area (Å²) in [6, 6.07) is 14.4. The Morgan fingerprint density at radius 1 is 1.13 bits per heavy atom. The highest BCUT2D eigenvalue weighted by molar-refractivity contribution is 9.10. The molecule has 1 amide bonds. The van der Waals surface area contributed by atoms with Gasteiger partial charge in [-0.1, -0.05) is 53.2 Å². The Balaban J connectivity index is 2.04. The molecule has 2 aromatic rings. The van der Waals surface area contributed by atoms with Crippen molar-refractivity contribution < 1.29 is 13.2 Å². The summed E-state index contributed by atoms with van der Waals surface area (Å²) in [4.78, 5) is 12.1. The van der Waals surface area contributed by atoms with Crippen LogP contribution in [0.4, 0.5) is 5.69 Å². The van der Waals surface area contributed by atoms with Crippen molar-refractivity contribution in [3.63, 3.8) is 0 Å². The number of hydrogen-bond acceptors (Lipinski definition) is 3. The third-order valence-corrected chi connectivity index (χ3v) is 5.27. The van der Waals surface area contributed by atoms with Crippen molar-refractivity contribution in [1.82, 2.24) is 0 Å². The van der Waals surface area contributed by atoms with E-state index in [1.807, 2.05) is 31.2 Å². The molecule has 0 aromatic heterocycles. The Bertz CT molecular complexity index is 803. The number of sulfone groups is 1. The van der Waals surface area contributed by atoms with E-state index in [1.54, 1.807) is 24.3 Å². The first kappa shape index (κ1) is 17.7. The van der Waals surface area contributed by atoms with Crippen LogP contribution in [0.25, 0.3) is 0 Å². The maximum Gasteiger partial charge on any atom is 0.239 e. The van der Waals surface area contributed by atoms with Crippen molar-refractivity contribution >= 4 is 37.4 Å². The standard InChI is InChI=1S/C17H18BrNO3S/c1-2-14-7-3-4-9-16(14)19-17(20)12-23(21,22)11-13-6-5-8-15(18)10-13/h3-10H,2,11-12H2,1H3,(H,19,20). The third-order valence-electron chi connectivity index (χ3n) is 3.30. The topological polar surface area (TPSA) is 63.2 Å². The lowest BCUT2D eigenvalue weighted by Gasteiger charge is -2.10. The number of hydrogen-bond donors (Lipinski definition) is 1. The highest BCUT2D eigenvalue weighted by atomic mass is 79.9. The van der Waals surface area contributed by atoms with E-state index in [9.17, 15) is 13.2 Å². The van der Waals surface area contributed by atoms with Crippen molar-refractivity contribution in [1.29, 1.82) is 0 Å². The van der Waals surface area contributed by atoms with Gasteiger partial charge in [0.15, 0.2) is 9.84 Å². The molecule has 0 unspecified atom stereocenters. The second-order valence-electron chi connectivity index (χ2n) is 5.22. The summed E-state index contributed by atoms with van der Waals surface area (Å²) in [5.74, 6) is -1.20. The third kappa shape index (κ3) is 5.48. The normalized spacial score (nSPS) is 11.2. The van der Waals surface area contributed by atoms with Crippen LogP contribution in [0.2, 0.25) is 0 Å². The minimum atomic E-state index is -3.52. The van der Waals surface area contributed by atoms with Crippen LogP contribution < -0.4 is 5.32 Å². The number of nitrogens with one attached hydrogen (secondary N) is 1. The van der Waals surface area contributed by atoms with Gasteiger partial charge in [-0.05, 0) is 35.7 Å². The maximum absolute atomic E-state index is 12.2. The Hall–Kier alpha value is -1.66. The van der Waals surface area contributed by atoms with Gasteiger partial charge in [-0.15, -0.1) is 0 Å². The van der Waals surface area contributed by atoms with Crippen LogP contribution in [0.15, 0.2) is 53.0 Å². The van der Waals surface area contributed by atoms with Crippen LogP contribution in [0.1, 0.15) is 18.1 Å². The van der Waals surface area contributed by atoms with Gasteiger partial charge < -0.3 is 5.32 Å². The van der Waals surface area contributed by atoms with Crippen LogP contribution >= 0.6 is 15.9 Å². The predicted molar refractivity (Wildman–Crippen MR) is 96.1 cm³/mol. The molecule has 23 heavy (non-hydrogen) atoms. The molecular weight excluding hydrogens is 378 g/mol. The molecule has 4 nitrogen and oxygen atoms in total. The lowest BCUT2D eigenvalue weighted by atomic mass is 10.1. The molecule has 0 saturated heterocycles. The van der Waals surface area contributed by atoms with Gasteiger partial charge in [-0.2, -0.15) is 0 Å². The first-order chi connectivity index (χ1) is 10.9. The molecule has 0 heterocycles. The Kier molecular flexibility index (Phi) is 5.96. The molecule has 0 fully saturated rings. The monoisotopic (exact) mass is 395 g/mol. The highest BCUT2D eigenvalue weighted by Crippen LogP contribution is 2.17. The van der Waals surface area contributed by atoms with Gasteiger partial charge in [0.2, 0.25) is 5.91 Å². The summed E-state index contributed by atoms with van der Waals surface area (Å²) in [5.41, 5.74) is 2.30. The zero-order valence-electron chi connectivity index (χ0n) is 12.8. The number of anilines is 1. The zero-order chi connectivity index (χ0) is 16.9. The molecule has 0 bridgehead atoms. The molecule has 0 aliphatic heterocycles. The number of para-hydroxylation sites is 1. The van der Waals surface area contributed by atoms with Gasteiger partial charge in [-0.3, -0.25) is 4.79 Å². The second kappa shape index (κ2) is 7.75. The zero-order valence-corrected chi connectivity index (χ0v) is 15.2. The van der Waals surface area contributed by atoms with Gasteiger partial charge in [0, 0.05) is 10.2 Å². The minimum absolute atomic E-state index is 0.157. The number of carbonyl (C=O) groups is 1. The Morgan fingerprint density at radius 2 is 1.87 bits per heavy atom. The number of benzene rings is 2. The number of amides is 1. The lowest BCUT2D eigenvalue weighted by molar-refractivity contribution is -0.113. The predicted octanol–water partition coefficient (Wildman–Crippen LogP) is 3.57. The molecule has 1 N–H and O–H groups in total. The Labute approximate surface area is 145 Å². The molecular formula is C17H18BrNO3S. The van der Waals surface area contributed by atoms with E-state index in [4.69, 9.17) is 0 Å². The largest absolute Gasteiger partial charge is 0.325 e.